The quantitative estimate of drug-likeness (QED) is 0.785. The Bertz CT molecular complexity index is 847. The molecule has 3 rings (SSSR count). The molecule has 2 aliphatic heterocycles. The SMILES string of the molecule is [2H]C1([2H])N(c2cncc(B3OC(C)(C)C(C)(C)O3)c2)C([2H])([2H])C([2H])([2H])C([2H])([2H])C1([2H])[2H]. The van der Waals surface area contributed by atoms with Gasteiger partial charge in [0.1, 0.15) is 0 Å². The zero-order valence-corrected chi connectivity index (χ0v) is 12.5. The third-order valence-corrected chi connectivity index (χ3v) is 3.99. The van der Waals surface area contributed by atoms with Crippen LogP contribution in [0.1, 0.15) is 60.5 Å². The minimum Gasteiger partial charge on any atom is -0.399 e. The molecule has 5 heteroatoms. The molecule has 3 heterocycles. The Morgan fingerprint density at radius 3 is 2.33 bits per heavy atom. The molecule has 2 aliphatic rings. The van der Waals surface area contributed by atoms with Gasteiger partial charge >= 0.3 is 7.12 Å². The Hall–Kier alpha value is -1.07. The molecule has 0 bridgehead atoms. The molecule has 2 saturated heterocycles. The predicted octanol–water partition coefficient (Wildman–Crippen LogP) is 2.37. The van der Waals surface area contributed by atoms with Crippen LogP contribution in [0.4, 0.5) is 5.69 Å². The van der Waals surface area contributed by atoms with Crippen molar-refractivity contribution in [2.45, 2.75) is 58.0 Å². The first-order chi connectivity index (χ1) is 13.7. The maximum atomic E-state index is 8.30. The lowest BCUT2D eigenvalue weighted by atomic mass is 9.80. The van der Waals surface area contributed by atoms with E-state index in [-0.39, 0.29) is 10.6 Å². The van der Waals surface area contributed by atoms with Crippen molar-refractivity contribution in [1.82, 2.24) is 4.98 Å². The highest BCUT2D eigenvalue weighted by Gasteiger charge is 2.51. The van der Waals surface area contributed by atoms with Gasteiger partial charge in [-0.05, 0) is 52.9 Å². The summed E-state index contributed by atoms with van der Waals surface area (Å²) in [7, 11) is -0.918. The molecule has 0 saturated carbocycles. The molecule has 0 aromatic carbocycles. The van der Waals surface area contributed by atoms with Crippen LogP contribution in [0, 0.1) is 0 Å². The molecular weight excluding hydrogens is 263 g/mol. The van der Waals surface area contributed by atoms with Crippen LogP contribution in [0.2, 0.25) is 0 Å². The van der Waals surface area contributed by atoms with Gasteiger partial charge in [0.15, 0.2) is 0 Å². The van der Waals surface area contributed by atoms with Crippen LogP contribution < -0.4 is 10.4 Å². The van der Waals surface area contributed by atoms with Gasteiger partial charge < -0.3 is 14.2 Å². The monoisotopic (exact) mass is 298 g/mol. The molecular formula is C16H25BN2O2. The van der Waals surface area contributed by atoms with Crippen LogP contribution in [0.5, 0.6) is 0 Å². The topological polar surface area (TPSA) is 34.6 Å². The van der Waals surface area contributed by atoms with Gasteiger partial charge in [0.2, 0.25) is 0 Å². The fourth-order valence-electron chi connectivity index (χ4n) is 2.03. The number of pyridine rings is 1. The first-order valence-corrected chi connectivity index (χ1v) is 6.76. The Morgan fingerprint density at radius 2 is 1.71 bits per heavy atom. The Kier molecular flexibility index (Phi) is 1.77. The Balaban J connectivity index is 2.13. The molecule has 1 aromatic heterocycles. The molecule has 114 valence electrons. The Labute approximate surface area is 142 Å². The molecule has 0 amide bonds. The van der Waals surface area contributed by atoms with E-state index in [4.69, 9.17) is 23.0 Å². The van der Waals surface area contributed by atoms with E-state index in [2.05, 4.69) is 4.98 Å². The van der Waals surface area contributed by atoms with Crippen LogP contribution in [0.25, 0.3) is 0 Å². The number of hydrogen-bond donors (Lipinski definition) is 0. The number of nitrogens with zero attached hydrogens (tertiary/aromatic N) is 2. The van der Waals surface area contributed by atoms with Crippen molar-refractivity contribution in [2.24, 2.45) is 0 Å². The largest absolute Gasteiger partial charge is 0.496 e. The number of piperidine rings is 1. The van der Waals surface area contributed by atoms with Crippen LogP contribution >= 0.6 is 0 Å². The summed E-state index contributed by atoms with van der Waals surface area (Å²) in [6.07, 6.45) is -7.84. The van der Waals surface area contributed by atoms with Crippen molar-refractivity contribution in [3.05, 3.63) is 18.5 Å². The molecule has 0 N–H and O–H groups in total. The van der Waals surface area contributed by atoms with Gasteiger partial charge in [0, 0.05) is 38.4 Å². The maximum Gasteiger partial charge on any atom is 0.496 e. The molecule has 21 heavy (non-hydrogen) atoms. The summed E-state index contributed by atoms with van der Waals surface area (Å²) in [5.41, 5.74) is -1.34. The fraction of sp³-hybridized carbons (Fsp3) is 0.688. The van der Waals surface area contributed by atoms with Crippen LogP contribution in [0.3, 0.4) is 0 Å². The van der Waals surface area contributed by atoms with E-state index in [1.54, 1.807) is 0 Å². The zero-order valence-electron chi connectivity index (χ0n) is 22.5. The number of hydrogen-bond acceptors (Lipinski definition) is 4. The first-order valence-electron chi connectivity index (χ1n) is 11.8. The van der Waals surface area contributed by atoms with Crippen LogP contribution in [-0.2, 0) is 9.31 Å². The number of anilines is 1. The summed E-state index contributed by atoms with van der Waals surface area (Å²) in [6.45, 7) is 0.799. The predicted molar refractivity (Wildman–Crippen MR) is 86.0 cm³/mol. The van der Waals surface area contributed by atoms with E-state index in [1.165, 1.54) is 12.3 Å². The van der Waals surface area contributed by atoms with Crippen molar-refractivity contribution in [3.63, 3.8) is 0 Å². The lowest BCUT2D eigenvalue weighted by Gasteiger charge is -2.32. The highest BCUT2D eigenvalue weighted by Crippen LogP contribution is 2.36. The molecule has 4 nitrogen and oxygen atoms in total. The normalized spacial score (nSPS) is 43.4. The molecule has 1 aromatic rings. The van der Waals surface area contributed by atoms with Gasteiger partial charge in [0.05, 0.1) is 23.1 Å². The van der Waals surface area contributed by atoms with Crippen molar-refractivity contribution in [2.75, 3.05) is 17.9 Å². The van der Waals surface area contributed by atoms with Gasteiger partial charge in [-0.2, -0.15) is 0 Å². The maximum absolute atomic E-state index is 8.30. The third-order valence-electron chi connectivity index (χ3n) is 3.99. The standard InChI is InChI=1S/C16H25BN2O2/c1-15(2)16(3,4)21-17(20-15)13-10-14(12-18-11-13)19-8-6-5-7-9-19/h10-12H,5-9H2,1-4H3/i5D2,6D2,7D2,8D2,9D2. The minimum atomic E-state index is -3.47. The van der Waals surface area contributed by atoms with Crippen molar-refractivity contribution < 1.29 is 23.0 Å². The number of rotatable bonds is 2. The first kappa shape index (κ1) is 7.01. The molecule has 0 atom stereocenters. The zero-order chi connectivity index (χ0) is 24.1. The van der Waals surface area contributed by atoms with E-state index < -0.39 is 50.4 Å². The Morgan fingerprint density at radius 1 is 1.10 bits per heavy atom. The summed E-state index contributed by atoms with van der Waals surface area (Å²) in [6, 6.07) is 1.29. The smallest absolute Gasteiger partial charge is 0.399 e. The molecule has 0 aliphatic carbocycles. The van der Waals surface area contributed by atoms with Crippen molar-refractivity contribution in [1.29, 1.82) is 0 Å². The van der Waals surface area contributed by atoms with Gasteiger partial charge in [-0.1, -0.05) is 0 Å². The molecule has 0 radical (unpaired) electrons. The van der Waals surface area contributed by atoms with Gasteiger partial charge in [-0.15, -0.1) is 0 Å². The molecule has 0 unspecified atom stereocenters. The second kappa shape index (κ2) is 5.29. The highest BCUT2D eigenvalue weighted by molar-refractivity contribution is 6.62. The van der Waals surface area contributed by atoms with Gasteiger partial charge in [-0.25, -0.2) is 0 Å². The lowest BCUT2D eigenvalue weighted by Crippen LogP contribution is -2.41. The van der Waals surface area contributed by atoms with E-state index in [9.17, 15) is 0 Å². The average molecular weight is 298 g/mol. The third kappa shape index (κ3) is 2.81. The van der Waals surface area contributed by atoms with Gasteiger partial charge in [0.25, 0.3) is 0 Å². The summed E-state index contributed by atoms with van der Waals surface area (Å²) >= 11 is 0. The summed E-state index contributed by atoms with van der Waals surface area (Å²) in [5.74, 6) is 0. The summed E-state index contributed by atoms with van der Waals surface area (Å²) in [4.78, 5) is 4.27. The second-order valence-electron chi connectivity index (χ2n) is 6.00. The summed E-state index contributed by atoms with van der Waals surface area (Å²) in [5, 5.41) is 0. The molecule has 0 spiro atoms. The van der Waals surface area contributed by atoms with Crippen LogP contribution in [-0.4, -0.2) is 36.3 Å². The minimum absolute atomic E-state index is 0.273. The summed E-state index contributed by atoms with van der Waals surface area (Å²) < 4.78 is 93.2. The van der Waals surface area contributed by atoms with Gasteiger partial charge in [-0.3, -0.25) is 4.98 Å². The second-order valence-corrected chi connectivity index (χ2v) is 6.00. The fourth-order valence-corrected chi connectivity index (χ4v) is 2.03. The van der Waals surface area contributed by atoms with E-state index in [1.807, 2.05) is 27.7 Å². The lowest BCUT2D eigenvalue weighted by molar-refractivity contribution is 0.00578. The molecule has 2 fully saturated rings. The van der Waals surface area contributed by atoms with E-state index in [0.29, 0.717) is 5.46 Å². The number of aromatic nitrogens is 1. The van der Waals surface area contributed by atoms with E-state index >= 15 is 0 Å². The van der Waals surface area contributed by atoms with Crippen molar-refractivity contribution >= 4 is 18.3 Å². The van der Waals surface area contributed by atoms with E-state index in [0.717, 1.165) is 6.20 Å². The van der Waals surface area contributed by atoms with Crippen LogP contribution in [0.15, 0.2) is 18.5 Å². The van der Waals surface area contributed by atoms with Crippen molar-refractivity contribution in [3.8, 4) is 0 Å². The highest BCUT2D eigenvalue weighted by atomic mass is 16.7. The average Bonchev–Trinajstić information content (AvgIpc) is 2.81.